The second-order valence-corrected chi connectivity index (χ2v) is 8.71. The minimum absolute atomic E-state index is 0.152. The molecule has 1 saturated heterocycles. The number of halogens is 4. The number of hydrogen-bond acceptors (Lipinski definition) is 7. The molecule has 0 unspecified atom stereocenters. The Morgan fingerprint density at radius 2 is 1.89 bits per heavy atom. The number of hydrogen-bond donors (Lipinski definition) is 4. The Morgan fingerprint density at radius 1 is 1.19 bits per heavy atom. The van der Waals surface area contributed by atoms with E-state index >= 15 is 0 Å². The lowest BCUT2D eigenvalue weighted by molar-refractivity contribution is -0.140. The summed E-state index contributed by atoms with van der Waals surface area (Å²) in [6.07, 6.45) is -6.65. The molecule has 1 aromatic heterocycles. The molecule has 1 aromatic carbocycles. The normalized spacial score (nSPS) is 19.8. The van der Waals surface area contributed by atoms with E-state index in [2.05, 4.69) is 5.32 Å². The van der Waals surface area contributed by atoms with Crippen LogP contribution in [0.5, 0.6) is 0 Å². The minimum atomic E-state index is -5.02. The highest BCUT2D eigenvalue weighted by Crippen LogP contribution is 2.30. The van der Waals surface area contributed by atoms with Crippen molar-refractivity contribution in [2.24, 2.45) is 0 Å². The van der Waals surface area contributed by atoms with E-state index in [0.717, 1.165) is 6.07 Å². The molecule has 1 fully saturated rings. The molecule has 1 amide bonds. The molecule has 0 aliphatic carbocycles. The zero-order valence-electron chi connectivity index (χ0n) is 19.7. The lowest BCUT2D eigenvalue weighted by Crippen LogP contribution is -2.44. The van der Waals surface area contributed by atoms with Crippen molar-refractivity contribution < 1.29 is 37.3 Å². The van der Waals surface area contributed by atoms with E-state index in [0.29, 0.717) is 34.6 Å². The largest absolute Gasteiger partial charge is 0.423 e. The van der Waals surface area contributed by atoms with Gasteiger partial charge in [0.25, 0.3) is 11.5 Å². The SMILES string of the molecule is Nc1cc(C(=O)NCCCCCCn2c(=O)c(C(F)(F)F)cn([C@H]3C[C@H](O)[C@@H](CO)O3)c2=O)ccc1F. The third kappa shape index (κ3) is 6.76. The maximum Gasteiger partial charge on any atom is 0.423 e. The third-order valence-corrected chi connectivity index (χ3v) is 6.05. The lowest BCUT2D eigenvalue weighted by atomic mass is 10.1. The van der Waals surface area contributed by atoms with Crippen LogP contribution >= 0.6 is 0 Å². The highest BCUT2D eigenvalue weighted by Gasteiger charge is 2.39. The van der Waals surface area contributed by atoms with Gasteiger partial charge in [-0.1, -0.05) is 12.8 Å². The number of amides is 1. The van der Waals surface area contributed by atoms with Crippen LogP contribution < -0.4 is 22.3 Å². The first-order valence-electron chi connectivity index (χ1n) is 11.6. The van der Waals surface area contributed by atoms with Gasteiger partial charge in [-0.25, -0.2) is 9.18 Å². The molecule has 14 heteroatoms. The fraction of sp³-hybridized carbons (Fsp3) is 0.522. The smallest absolute Gasteiger partial charge is 0.396 e. The van der Waals surface area contributed by atoms with Gasteiger partial charge in [-0.3, -0.25) is 18.7 Å². The standard InChI is InChI=1S/C23H28F4N4O6/c24-15-6-5-13(9-16(15)28)20(34)29-7-3-1-2-4-8-30-21(35)14(23(25,26)27)11-31(22(30)36)19-10-17(33)18(12-32)37-19/h5-6,9,11,17-19,32-33H,1-4,7-8,10,12,28H2,(H,29,34)/t17-,18+,19+/m0/s1. The Labute approximate surface area is 208 Å². The Hall–Kier alpha value is -3.23. The Morgan fingerprint density at radius 3 is 2.51 bits per heavy atom. The van der Waals surface area contributed by atoms with E-state index in [1.54, 1.807) is 0 Å². The van der Waals surface area contributed by atoms with E-state index in [9.17, 15) is 42.2 Å². The summed E-state index contributed by atoms with van der Waals surface area (Å²) < 4.78 is 60.1. The second kappa shape index (κ2) is 11.9. The summed E-state index contributed by atoms with van der Waals surface area (Å²) in [6, 6.07) is 3.59. The van der Waals surface area contributed by atoms with Crippen LogP contribution in [-0.4, -0.2) is 50.6 Å². The molecule has 204 valence electrons. The first kappa shape index (κ1) is 28.3. The number of rotatable bonds is 10. The number of benzene rings is 1. The number of nitrogens with two attached hydrogens (primary N) is 1. The van der Waals surface area contributed by atoms with E-state index in [1.807, 2.05) is 0 Å². The number of nitrogen functional groups attached to an aromatic ring is 1. The van der Waals surface area contributed by atoms with E-state index in [-0.39, 0.29) is 37.2 Å². The highest BCUT2D eigenvalue weighted by molar-refractivity contribution is 5.94. The molecule has 0 saturated carbocycles. The summed E-state index contributed by atoms with van der Waals surface area (Å²) in [6.45, 7) is -0.585. The molecule has 0 radical (unpaired) electrons. The van der Waals surface area contributed by atoms with Crippen molar-refractivity contribution in [3.05, 3.63) is 62.2 Å². The monoisotopic (exact) mass is 532 g/mol. The first-order valence-corrected chi connectivity index (χ1v) is 11.6. The number of anilines is 1. The molecule has 5 N–H and O–H groups in total. The van der Waals surface area contributed by atoms with Crippen LogP contribution in [0.4, 0.5) is 23.2 Å². The number of nitrogens with one attached hydrogen (secondary N) is 1. The van der Waals surface area contributed by atoms with Crippen molar-refractivity contribution in [2.75, 3.05) is 18.9 Å². The van der Waals surface area contributed by atoms with Gasteiger partial charge in [-0.15, -0.1) is 0 Å². The van der Waals surface area contributed by atoms with Gasteiger partial charge >= 0.3 is 11.9 Å². The maximum absolute atomic E-state index is 13.5. The number of unbranched alkanes of at least 4 members (excludes halogenated alkanes) is 3. The molecule has 3 atom stereocenters. The summed E-state index contributed by atoms with van der Waals surface area (Å²) in [7, 11) is 0. The van der Waals surface area contributed by atoms with Crippen LogP contribution in [0, 0.1) is 5.82 Å². The van der Waals surface area contributed by atoms with Crippen molar-refractivity contribution in [3.8, 4) is 0 Å². The molecule has 2 aromatic rings. The number of aromatic nitrogens is 2. The van der Waals surface area contributed by atoms with Crippen molar-refractivity contribution in [1.82, 2.24) is 14.5 Å². The first-order chi connectivity index (χ1) is 17.4. The van der Waals surface area contributed by atoms with E-state index in [4.69, 9.17) is 10.5 Å². The number of aliphatic hydroxyl groups is 2. The maximum atomic E-state index is 13.5. The van der Waals surface area contributed by atoms with Crippen LogP contribution in [-0.2, 0) is 17.5 Å². The second-order valence-electron chi connectivity index (χ2n) is 8.71. The molecule has 0 bridgehead atoms. The molecule has 1 aliphatic heterocycles. The Kier molecular flexibility index (Phi) is 9.10. The summed E-state index contributed by atoms with van der Waals surface area (Å²) in [5, 5.41) is 21.8. The minimum Gasteiger partial charge on any atom is -0.396 e. The summed E-state index contributed by atoms with van der Waals surface area (Å²) in [5.41, 5.74) is 1.46. The predicted molar refractivity (Wildman–Crippen MR) is 123 cm³/mol. The van der Waals surface area contributed by atoms with E-state index < -0.39 is 59.8 Å². The van der Waals surface area contributed by atoms with Crippen LogP contribution in [0.25, 0.3) is 0 Å². The number of nitrogens with zero attached hydrogens (tertiary/aromatic N) is 2. The molecule has 37 heavy (non-hydrogen) atoms. The van der Waals surface area contributed by atoms with Crippen LogP contribution in [0.15, 0.2) is 34.0 Å². The summed E-state index contributed by atoms with van der Waals surface area (Å²) in [5.74, 6) is -1.07. The summed E-state index contributed by atoms with van der Waals surface area (Å²) in [4.78, 5) is 37.3. The van der Waals surface area contributed by atoms with Gasteiger partial charge in [-0.05, 0) is 31.0 Å². The van der Waals surface area contributed by atoms with Gasteiger partial charge in [0.1, 0.15) is 23.7 Å². The van der Waals surface area contributed by atoms with Crippen molar-refractivity contribution in [1.29, 1.82) is 0 Å². The quantitative estimate of drug-likeness (QED) is 0.205. The number of carbonyl (C=O) groups excluding carboxylic acids is 1. The molecule has 10 nitrogen and oxygen atoms in total. The molecule has 0 spiro atoms. The zero-order valence-corrected chi connectivity index (χ0v) is 19.7. The highest BCUT2D eigenvalue weighted by atomic mass is 19.4. The number of alkyl halides is 3. The van der Waals surface area contributed by atoms with Gasteiger partial charge in [0, 0.05) is 31.3 Å². The third-order valence-electron chi connectivity index (χ3n) is 6.05. The molecular formula is C23H28F4N4O6. The average Bonchev–Trinajstić information content (AvgIpc) is 3.21. The topological polar surface area (TPSA) is 149 Å². The number of carbonyl (C=O) groups is 1. The average molecular weight is 532 g/mol. The number of ether oxygens (including phenoxy) is 1. The number of aliphatic hydroxyl groups excluding tert-OH is 2. The van der Waals surface area contributed by atoms with Crippen molar-refractivity contribution in [3.63, 3.8) is 0 Å². The van der Waals surface area contributed by atoms with Crippen molar-refractivity contribution >= 4 is 11.6 Å². The molecule has 3 rings (SSSR count). The van der Waals surface area contributed by atoms with Gasteiger partial charge in [-0.2, -0.15) is 13.2 Å². The van der Waals surface area contributed by atoms with Gasteiger partial charge < -0.3 is 26.0 Å². The van der Waals surface area contributed by atoms with E-state index in [1.165, 1.54) is 12.1 Å². The Balaban J connectivity index is 1.59. The molecular weight excluding hydrogens is 504 g/mol. The fourth-order valence-corrected chi connectivity index (χ4v) is 4.01. The fourth-order valence-electron chi connectivity index (χ4n) is 4.01. The van der Waals surface area contributed by atoms with Gasteiger partial charge in [0.2, 0.25) is 0 Å². The van der Waals surface area contributed by atoms with Crippen LogP contribution in [0.2, 0.25) is 0 Å². The van der Waals surface area contributed by atoms with Gasteiger partial charge in [0.15, 0.2) is 0 Å². The summed E-state index contributed by atoms with van der Waals surface area (Å²) >= 11 is 0. The molecule has 1 aliphatic rings. The zero-order chi connectivity index (χ0) is 27.3. The van der Waals surface area contributed by atoms with Crippen molar-refractivity contribution in [2.45, 2.75) is 63.3 Å². The Bertz CT molecular complexity index is 1230. The van der Waals surface area contributed by atoms with Crippen LogP contribution in [0.1, 0.15) is 54.3 Å². The molecule has 2 heterocycles. The lowest BCUT2D eigenvalue weighted by Gasteiger charge is -2.19. The predicted octanol–water partition coefficient (Wildman–Crippen LogP) is 1.38. The van der Waals surface area contributed by atoms with Gasteiger partial charge in [0.05, 0.1) is 18.4 Å². The van der Waals surface area contributed by atoms with Crippen LogP contribution in [0.3, 0.4) is 0 Å².